The minimum Gasteiger partial charge on any atom is -0.476 e. The molecule has 84 valence electrons. The number of nitrogens with zero attached hydrogens (tertiary/aromatic N) is 2. The van der Waals surface area contributed by atoms with Crippen molar-refractivity contribution in [2.45, 2.75) is 39.7 Å². The molecule has 5 heteroatoms. The van der Waals surface area contributed by atoms with Gasteiger partial charge in [0.05, 0.1) is 5.69 Å². The van der Waals surface area contributed by atoms with Crippen LogP contribution in [0.25, 0.3) is 0 Å². The Bertz CT molecular complexity index is 361. The van der Waals surface area contributed by atoms with Crippen LogP contribution in [0.2, 0.25) is 0 Å². The van der Waals surface area contributed by atoms with Crippen molar-refractivity contribution in [1.29, 1.82) is 0 Å². The minimum atomic E-state index is -0.970. The van der Waals surface area contributed by atoms with E-state index in [2.05, 4.69) is 27.8 Å². The van der Waals surface area contributed by atoms with E-state index in [9.17, 15) is 4.79 Å². The highest BCUT2D eigenvalue weighted by Crippen LogP contribution is 2.17. The predicted octanol–water partition coefficient (Wildman–Crippen LogP) is 2.84. The first kappa shape index (κ1) is 12.2. The average Bonchev–Trinajstić information content (AvgIpc) is 2.45. The third kappa shape index (κ3) is 2.81. The number of hydrogen-bond donors (Lipinski definition) is 1. The predicted molar refractivity (Wildman–Crippen MR) is 61.1 cm³/mol. The van der Waals surface area contributed by atoms with E-state index in [-0.39, 0.29) is 5.69 Å². The second kappa shape index (κ2) is 5.30. The van der Waals surface area contributed by atoms with E-state index in [1.807, 2.05) is 4.57 Å². The quantitative estimate of drug-likeness (QED) is 0.841. The van der Waals surface area contributed by atoms with E-state index >= 15 is 0 Å². The van der Waals surface area contributed by atoms with Crippen molar-refractivity contribution in [2.24, 2.45) is 0 Å². The van der Waals surface area contributed by atoms with E-state index in [1.165, 1.54) is 0 Å². The zero-order chi connectivity index (χ0) is 11.4. The van der Waals surface area contributed by atoms with Gasteiger partial charge in [0.1, 0.15) is 0 Å². The maximum Gasteiger partial charge on any atom is 0.356 e. The number of carboxylic acid groups (broad SMARTS) is 1. The fraction of sp³-hybridized carbons (Fsp3) is 0.600. The van der Waals surface area contributed by atoms with Gasteiger partial charge in [-0.2, -0.15) is 0 Å². The number of unbranched alkanes of at least 4 members (excludes halogenated alkanes) is 2. The van der Waals surface area contributed by atoms with Crippen molar-refractivity contribution < 1.29 is 9.90 Å². The van der Waals surface area contributed by atoms with Crippen molar-refractivity contribution in [3.63, 3.8) is 0 Å². The van der Waals surface area contributed by atoms with Gasteiger partial charge in [-0.1, -0.05) is 19.8 Å². The minimum absolute atomic E-state index is 0.137. The van der Waals surface area contributed by atoms with Crippen LogP contribution in [-0.2, 0) is 6.54 Å². The number of aromatic nitrogens is 2. The lowest BCUT2D eigenvalue weighted by atomic mass is 10.2. The maximum absolute atomic E-state index is 10.8. The Morgan fingerprint density at radius 2 is 2.20 bits per heavy atom. The first-order valence-corrected chi connectivity index (χ1v) is 5.83. The van der Waals surface area contributed by atoms with Crippen LogP contribution >= 0.6 is 15.9 Å². The molecular formula is C10H15BrN2O2. The van der Waals surface area contributed by atoms with Gasteiger partial charge in [0.25, 0.3) is 0 Å². The summed E-state index contributed by atoms with van der Waals surface area (Å²) in [6, 6.07) is 0. The molecular weight excluding hydrogens is 260 g/mol. The smallest absolute Gasteiger partial charge is 0.356 e. The summed E-state index contributed by atoms with van der Waals surface area (Å²) < 4.78 is 2.51. The number of aromatic carboxylic acids is 1. The van der Waals surface area contributed by atoms with Crippen molar-refractivity contribution in [3.05, 3.63) is 16.1 Å². The van der Waals surface area contributed by atoms with Gasteiger partial charge in [0.2, 0.25) is 0 Å². The number of halogens is 1. The molecule has 1 aromatic rings. The number of hydrogen-bond acceptors (Lipinski definition) is 2. The average molecular weight is 275 g/mol. The summed E-state index contributed by atoms with van der Waals surface area (Å²) >= 11 is 3.28. The van der Waals surface area contributed by atoms with Crippen molar-refractivity contribution in [1.82, 2.24) is 9.55 Å². The Balaban J connectivity index is 2.83. The Labute approximate surface area is 97.4 Å². The lowest BCUT2D eigenvalue weighted by molar-refractivity contribution is 0.0690. The summed E-state index contributed by atoms with van der Waals surface area (Å²) in [4.78, 5) is 14.8. The third-order valence-electron chi connectivity index (χ3n) is 2.36. The standard InChI is InChI=1S/C10H15BrN2O2/c1-3-4-5-6-13-7(2)8(9(14)15)12-10(13)11/h3-6H2,1-2H3,(H,14,15). The molecule has 0 spiro atoms. The molecule has 0 fully saturated rings. The highest BCUT2D eigenvalue weighted by atomic mass is 79.9. The first-order chi connectivity index (χ1) is 7.07. The van der Waals surface area contributed by atoms with E-state index < -0.39 is 5.97 Å². The highest BCUT2D eigenvalue weighted by molar-refractivity contribution is 9.10. The molecule has 0 aliphatic rings. The normalized spacial score (nSPS) is 10.6. The summed E-state index contributed by atoms with van der Waals surface area (Å²) in [6.07, 6.45) is 3.34. The molecule has 4 nitrogen and oxygen atoms in total. The molecule has 0 aliphatic heterocycles. The number of carbonyl (C=O) groups is 1. The van der Waals surface area contributed by atoms with Crippen molar-refractivity contribution in [3.8, 4) is 0 Å². The molecule has 0 aromatic carbocycles. The summed E-state index contributed by atoms with van der Waals surface area (Å²) in [6.45, 7) is 4.74. The zero-order valence-electron chi connectivity index (χ0n) is 8.96. The lowest BCUT2D eigenvalue weighted by Crippen LogP contribution is -2.04. The fourth-order valence-electron chi connectivity index (χ4n) is 1.48. The van der Waals surface area contributed by atoms with Gasteiger partial charge >= 0.3 is 5.97 Å². The maximum atomic E-state index is 10.8. The Hall–Kier alpha value is -0.840. The molecule has 1 heterocycles. The van der Waals surface area contributed by atoms with Crippen LogP contribution in [0.1, 0.15) is 42.4 Å². The molecule has 0 atom stereocenters. The van der Waals surface area contributed by atoms with Crippen molar-refractivity contribution in [2.75, 3.05) is 0 Å². The summed E-state index contributed by atoms with van der Waals surface area (Å²) in [7, 11) is 0. The van der Waals surface area contributed by atoms with Gasteiger partial charge < -0.3 is 9.67 Å². The highest BCUT2D eigenvalue weighted by Gasteiger charge is 2.16. The first-order valence-electron chi connectivity index (χ1n) is 5.03. The fourth-order valence-corrected chi connectivity index (χ4v) is 2.10. The van der Waals surface area contributed by atoms with E-state index in [1.54, 1.807) is 6.92 Å². The van der Waals surface area contributed by atoms with Crippen LogP contribution in [0.5, 0.6) is 0 Å². The largest absolute Gasteiger partial charge is 0.476 e. The van der Waals surface area contributed by atoms with Crippen LogP contribution < -0.4 is 0 Å². The molecule has 0 radical (unpaired) electrons. The molecule has 0 saturated carbocycles. The second-order valence-electron chi connectivity index (χ2n) is 3.48. The second-order valence-corrected chi connectivity index (χ2v) is 4.19. The van der Waals surface area contributed by atoms with E-state index in [0.29, 0.717) is 10.4 Å². The molecule has 0 amide bonds. The van der Waals surface area contributed by atoms with Gasteiger partial charge in [-0.15, -0.1) is 0 Å². The molecule has 0 unspecified atom stereocenters. The third-order valence-corrected chi connectivity index (χ3v) is 2.97. The molecule has 1 rings (SSSR count). The molecule has 15 heavy (non-hydrogen) atoms. The Morgan fingerprint density at radius 3 is 2.67 bits per heavy atom. The summed E-state index contributed by atoms with van der Waals surface area (Å²) in [5, 5.41) is 8.88. The van der Waals surface area contributed by atoms with Crippen molar-refractivity contribution >= 4 is 21.9 Å². The molecule has 0 saturated heterocycles. The SMILES string of the molecule is CCCCCn1c(Br)nc(C(=O)O)c1C. The van der Waals surface area contributed by atoms with E-state index in [4.69, 9.17) is 5.11 Å². The van der Waals surface area contributed by atoms with E-state index in [0.717, 1.165) is 25.8 Å². The number of rotatable bonds is 5. The van der Waals surface area contributed by atoms with Crippen LogP contribution in [0.3, 0.4) is 0 Å². The van der Waals surface area contributed by atoms with Gasteiger partial charge in [0, 0.05) is 6.54 Å². The van der Waals surface area contributed by atoms with Crippen LogP contribution in [-0.4, -0.2) is 20.6 Å². The summed E-state index contributed by atoms with van der Waals surface area (Å²) in [5.74, 6) is -0.970. The Kier molecular flexibility index (Phi) is 4.32. The zero-order valence-corrected chi connectivity index (χ0v) is 10.5. The molecule has 0 bridgehead atoms. The van der Waals surface area contributed by atoms with Gasteiger partial charge in [-0.3, -0.25) is 0 Å². The monoisotopic (exact) mass is 274 g/mol. The number of carboxylic acids is 1. The molecule has 1 aromatic heterocycles. The molecule has 1 N–H and O–H groups in total. The van der Waals surface area contributed by atoms with Crippen LogP contribution in [0.15, 0.2) is 4.73 Å². The van der Waals surface area contributed by atoms with Gasteiger partial charge in [-0.05, 0) is 29.3 Å². The summed E-state index contributed by atoms with van der Waals surface area (Å²) in [5.41, 5.74) is 0.851. The van der Waals surface area contributed by atoms with Crippen LogP contribution in [0, 0.1) is 6.92 Å². The molecule has 0 aliphatic carbocycles. The number of imidazole rings is 1. The van der Waals surface area contributed by atoms with Gasteiger partial charge in [0.15, 0.2) is 10.4 Å². The van der Waals surface area contributed by atoms with Gasteiger partial charge in [-0.25, -0.2) is 9.78 Å². The lowest BCUT2D eigenvalue weighted by Gasteiger charge is -2.05. The van der Waals surface area contributed by atoms with Crippen LogP contribution in [0.4, 0.5) is 0 Å². The Morgan fingerprint density at radius 1 is 1.53 bits per heavy atom. The topological polar surface area (TPSA) is 55.1 Å².